The smallest absolute Gasteiger partial charge is 0.214 e. The first-order valence-electron chi connectivity index (χ1n) is 10.1. The average Bonchev–Trinajstić information content (AvgIpc) is 3.68. The van der Waals surface area contributed by atoms with Gasteiger partial charge in [-0.25, -0.2) is 24.3 Å². The molecular formula is C30H26FeRh2. The zero-order valence-electron chi connectivity index (χ0n) is 18.0. The first-order chi connectivity index (χ1) is 14.9. The molecule has 6 aromatic rings. The third-order valence-electron chi connectivity index (χ3n) is 4.43. The standard InChI is InChI=1S/2C10H8.2C5H5.Fe.2Rh/c2*1-2-6-9(5-1)10-7-3-4-8-10;2*1-2-4-5-3-1;;;/h2*1-8H;2*1-5H;;;/q2*-2;2*-1;3*+2. The Bertz CT molecular complexity index is 857. The topological polar surface area (TPSA) is 0 Å². The molecule has 0 amide bonds. The minimum Gasteiger partial charge on any atom is -0.214 e. The minimum absolute atomic E-state index is 0. The molecule has 0 fully saturated rings. The van der Waals surface area contributed by atoms with E-state index in [-0.39, 0.29) is 56.0 Å². The second-order valence-corrected chi connectivity index (χ2v) is 6.62. The second-order valence-electron chi connectivity index (χ2n) is 6.62. The maximum Gasteiger partial charge on any atom is 2.00 e. The van der Waals surface area contributed by atoms with Gasteiger partial charge in [0.05, 0.1) is 0 Å². The van der Waals surface area contributed by atoms with E-state index in [0.29, 0.717) is 0 Å². The van der Waals surface area contributed by atoms with Gasteiger partial charge in [0.2, 0.25) is 0 Å². The Morgan fingerprint density at radius 2 is 0.485 bits per heavy atom. The van der Waals surface area contributed by atoms with Crippen LogP contribution in [0.2, 0.25) is 0 Å². The molecule has 0 atom stereocenters. The predicted molar refractivity (Wildman–Crippen MR) is 130 cm³/mol. The third kappa shape index (κ3) is 12.1. The van der Waals surface area contributed by atoms with Crippen LogP contribution in [-0.2, 0) is 56.0 Å². The van der Waals surface area contributed by atoms with Crippen LogP contribution in [0.4, 0.5) is 0 Å². The monoisotopic (exact) mass is 648 g/mol. The molecule has 0 saturated heterocycles. The quantitative estimate of drug-likeness (QED) is 0.131. The number of rotatable bonds is 2. The normalized spacial score (nSPS) is 8.48. The van der Waals surface area contributed by atoms with E-state index in [0.717, 1.165) is 0 Å². The molecule has 0 saturated carbocycles. The van der Waals surface area contributed by atoms with E-state index in [9.17, 15) is 0 Å². The maximum atomic E-state index is 2.12. The van der Waals surface area contributed by atoms with Gasteiger partial charge in [0, 0.05) is 0 Å². The van der Waals surface area contributed by atoms with E-state index in [1.54, 1.807) is 0 Å². The minimum atomic E-state index is 0. The van der Waals surface area contributed by atoms with Crippen molar-refractivity contribution in [2.75, 3.05) is 0 Å². The van der Waals surface area contributed by atoms with Gasteiger partial charge in [0.1, 0.15) is 0 Å². The van der Waals surface area contributed by atoms with Gasteiger partial charge in [-0.05, 0) is 0 Å². The molecule has 0 aliphatic carbocycles. The first kappa shape index (κ1) is 30.9. The fraction of sp³-hybridized carbons (Fsp3) is 0. The molecule has 0 aromatic heterocycles. The summed E-state index contributed by atoms with van der Waals surface area (Å²) < 4.78 is 0. The van der Waals surface area contributed by atoms with Crippen molar-refractivity contribution in [2.24, 2.45) is 0 Å². The van der Waals surface area contributed by atoms with Crippen molar-refractivity contribution in [2.45, 2.75) is 0 Å². The molecule has 0 aliphatic rings. The summed E-state index contributed by atoms with van der Waals surface area (Å²) in [6.45, 7) is 0. The summed E-state index contributed by atoms with van der Waals surface area (Å²) in [5, 5.41) is 0. The Hall–Kier alpha value is -2.13. The molecular weight excluding hydrogens is 622 g/mol. The van der Waals surface area contributed by atoms with Crippen LogP contribution in [0, 0.1) is 0 Å². The maximum absolute atomic E-state index is 2.12. The summed E-state index contributed by atoms with van der Waals surface area (Å²) in [7, 11) is 0. The molecule has 0 aliphatic heterocycles. The molecule has 6 aromatic carbocycles. The first-order valence-corrected chi connectivity index (χ1v) is 10.1. The Labute approximate surface area is 234 Å². The van der Waals surface area contributed by atoms with Gasteiger partial charge in [-0.15, -0.1) is 0 Å². The summed E-state index contributed by atoms with van der Waals surface area (Å²) in [6.07, 6.45) is 0. The van der Waals surface area contributed by atoms with Crippen molar-refractivity contribution in [1.82, 2.24) is 0 Å². The van der Waals surface area contributed by atoms with Crippen molar-refractivity contribution in [3.63, 3.8) is 0 Å². The molecule has 3 heteroatoms. The molecule has 6 rings (SSSR count). The van der Waals surface area contributed by atoms with Crippen LogP contribution in [0.5, 0.6) is 0 Å². The van der Waals surface area contributed by atoms with Crippen LogP contribution in [0.3, 0.4) is 0 Å². The van der Waals surface area contributed by atoms with E-state index < -0.39 is 0 Å². The largest absolute Gasteiger partial charge is 2.00 e. The zero-order valence-corrected chi connectivity index (χ0v) is 22.4. The summed E-state index contributed by atoms with van der Waals surface area (Å²) in [5.41, 5.74) is 5.24. The van der Waals surface area contributed by atoms with Crippen LogP contribution in [0.15, 0.2) is 158 Å². The summed E-state index contributed by atoms with van der Waals surface area (Å²) in [6, 6.07) is 53.4. The number of hydrogen-bond acceptors (Lipinski definition) is 0. The van der Waals surface area contributed by atoms with Crippen molar-refractivity contribution in [3.05, 3.63) is 158 Å². The number of hydrogen-bond donors (Lipinski definition) is 0. The van der Waals surface area contributed by atoms with E-state index >= 15 is 0 Å². The van der Waals surface area contributed by atoms with Crippen LogP contribution in [-0.4, -0.2) is 0 Å². The van der Waals surface area contributed by atoms with Crippen LogP contribution in [0.25, 0.3) is 22.3 Å². The van der Waals surface area contributed by atoms with Gasteiger partial charge in [0.25, 0.3) is 0 Å². The van der Waals surface area contributed by atoms with E-state index in [2.05, 4.69) is 97.1 Å². The Balaban J connectivity index is 0.000000420. The van der Waals surface area contributed by atoms with Crippen molar-refractivity contribution in [1.29, 1.82) is 0 Å². The van der Waals surface area contributed by atoms with Gasteiger partial charge in [-0.1, -0.05) is 0 Å². The zero-order chi connectivity index (χ0) is 20.7. The fourth-order valence-corrected chi connectivity index (χ4v) is 2.91. The molecule has 0 heterocycles. The van der Waals surface area contributed by atoms with Crippen LogP contribution >= 0.6 is 0 Å². The van der Waals surface area contributed by atoms with Crippen molar-refractivity contribution in [3.8, 4) is 22.3 Å². The Morgan fingerprint density at radius 3 is 0.606 bits per heavy atom. The molecule has 0 spiro atoms. The molecule has 33 heavy (non-hydrogen) atoms. The second kappa shape index (κ2) is 19.3. The SMILES string of the molecule is [Fe+2].[Rh+2].[Rh+2].c1cc[c-](-[c-]2cccc2)c1.c1cc[c-](-[c-]2cccc2)c1.c1cc[cH-]c1.c1cc[cH-]c1. The molecule has 0 bridgehead atoms. The van der Waals surface area contributed by atoms with Crippen LogP contribution < -0.4 is 0 Å². The molecule has 172 valence electrons. The molecule has 2 radical (unpaired) electrons. The van der Waals surface area contributed by atoms with Gasteiger partial charge in [0.15, 0.2) is 0 Å². The van der Waals surface area contributed by atoms with Gasteiger partial charge in [-0.3, -0.25) is 0 Å². The Kier molecular flexibility index (Phi) is 18.1. The molecule has 0 nitrogen and oxygen atoms in total. The van der Waals surface area contributed by atoms with E-state index in [1.165, 1.54) is 22.3 Å². The summed E-state index contributed by atoms with van der Waals surface area (Å²) in [4.78, 5) is 0. The van der Waals surface area contributed by atoms with Crippen molar-refractivity contribution < 1.29 is 56.0 Å². The molecule has 0 N–H and O–H groups in total. The predicted octanol–water partition coefficient (Wildman–Crippen LogP) is 8.39. The summed E-state index contributed by atoms with van der Waals surface area (Å²) in [5.74, 6) is 0. The van der Waals surface area contributed by atoms with Crippen LogP contribution in [0.1, 0.15) is 0 Å². The van der Waals surface area contributed by atoms with Crippen molar-refractivity contribution >= 4 is 0 Å². The van der Waals surface area contributed by atoms with E-state index in [1.807, 2.05) is 60.7 Å². The van der Waals surface area contributed by atoms with Gasteiger partial charge in [-0.2, -0.15) is 156 Å². The van der Waals surface area contributed by atoms with Gasteiger partial charge < -0.3 is 0 Å². The Morgan fingerprint density at radius 1 is 0.303 bits per heavy atom. The summed E-state index contributed by atoms with van der Waals surface area (Å²) >= 11 is 0. The van der Waals surface area contributed by atoms with Gasteiger partial charge >= 0.3 is 56.0 Å². The third-order valence-corrected chi connectivity index (χ3v) is 4.43. The fourth-order valence-electron chi connectivity index (χ4n) is 2.91. The van der Waals surface area contributed by atoms with E-state index in [4.69, 9.17) is 0 Å². The average molecular weight is 648 g/mol. The molecule has 0 unspecified atom stereocenters.